The van der Waals surface area contributed by atoms with E-state index in [0.717, 1.165) is 5.56 Å². The zero-order chi connectivity index (χ0) is 9.68. The number of rotatable bonds is 3. The first-order chi connectivity index (χ1) is 6.29. The summed E-state index contributed by atoms with van der Waals surface area (Å²) in [5.74, 6) is -0.310. The monoisotopic (exact) mass is 216 g/mol. The van der Waals surface area contributed by atoms with Crippen LogP contribution in [0, 0.1) is 0 Å². The standard InChI is InChI=1S/C9H12N2O2.ClH/c1-10-8(9(12)13-2)7-4-3-5-11-6-7;/h3-6,8,10H,1-2H3;1H. The molecule has 78 valence electrons. The van der Waals surface area contributed by atoms with Crippen LogP contribution < -0.4 is 5.32 Å². The summed E-state index contributed by atoms with van der Waals surface area (Å²) in [6, 6.07) is 3.17. The number of esters is 1. The average Bonchev–Trinajstić information content (AvgIpc) is 2.20. The summed E-state index contributed by atoms with van der Waals surface area (Å²) in [5, 5.41) is 2.85. The zero-order valence-corrected chi connectivity index (χ0v) is 8.88. The molecule has 0 aliphatic rings. The highest BCUT2D eigenvalue weighted by Gasteiger charge is 2.18. The van der Waals surface area contributed by atoms with Crippen LogP contribution in [-0.2, 0) is 9.53 Å². The van der Waals surface area contributed by atoms with Crippen molar-refractivity contribution in [2.75, 3.05) is 14.2 Å². The topological polar surface area (TPSA) is 51.2 Å². The Balaban J connectivity index is 0.00000169. The highest BCUT2D eigenvalue weighted by molar-refractivity contribution is 5.85. The molecule has 1 aromatic rings. The van der Waals surface area contributed by atoms with E-state index in [1.807, 2.05) is 6.07 Å². The first-order valence-corrected chi connectivity index (χ1v) is 3.94. The van der Waals surface area contributed by atoms with E-state index in [1.165, 1.54) is 7.11 Å². The predicted octanol–water partition coefficient (Wildman–Crippen LogP) is 0.937. The Hall–Kier alpha value is -1.13. The summed E-state index contributed by atoms with van der Waals surface area (Å²) >= 11 is 0. The van der Waals surface area contributed by atoms with Crippen molar-refractivity contribution in [1.29, 1.82) is 0 Å². The molecule has 0 fully saturated rings. The second kappa shape index (κ2) is 6.34. The van der Waals surface area contributed by atoms with Gasteiger partial charge in [-0.3, -0.25) is 4.98 Å². The predicted molar refractivity (Wildman–Crippen MR) is 55.3 cm³/mol. The number of halogens is 1. The molecule has 0 radical (unpaired) electrons. The van der Waals surface area contributed by atoms with Gasteiger partial charge >= 0.3 is 5.97 Å². The number of carbonyl (C=O) groups excluding carboxylic acids is 1. The first kappa shape index (κ1) is 12.9. The van der Waals surface area contributed by atoms with Crippen molar-refractivity contribution in [3.8, 4) is 0 Å². The van der Waals surface area contributed by atoms with Gasteiger partial charge in [-0.15, -0.1) is 12.4 Å². The minimum absolute atomic E-state index is 0. The van der Waals surface area contributed by atoms with Crippen LogP contribution in [0.5, 0.6) is 0 Å². The SMILES string of the molecule is CNC(C(=O)OC)c1cccnc1.Cl. The third-order valence-electron chi connectivity index (χ3n) is 1.74. The number of hydrogen-bond donors (Lipinski definition) is 1. The third kappa shape index (κ3) is 2.97. The van der Waals surface area contributed by atoms with E-state index in [0.29, 0.717) is 0 Å². The molecule has 1 rings (SSSR count). The molecule has 0 aliphatic carbocycles. The van der Waals surface area contributed by atoms with Gasteiger partial charge in [0.1, 0.15) is 6.04 Å². The summed E-state index contributed by atoms with van der Waals surface area (Å²) in [5.41, 5.74) is 0.803. The van der Waals surface area contributed by atoms with Crippen LogP contribution in [0.25, 0.3) is 0 Å². The number of pyridine rings is 1. The molecule has 0 saturated carbocycles. The molecule has 0 aromatic carbocycles. The van der Waals surface area contributed by atoms with Crippen LogP contribution in [0.4, 0.5) is 0 Å². The van der Waals surface area contributed by atoms with Crippen LogP contribution >= 0.6 is 12.4 Å². The van der Waals surface area contributed by atoms with Crippen LogP contribution in [0.1, 0.15) is 11.6 Å². The van der Waals surface area contributed by atoms with E-state index in [1.54, 1.807) is 25.5 Å². The molecule has 5 heteroatoms. The van der Waals surface area contributed by atoms with E-state index < -0.39 is 6.04 Å². The molecule has 1 aromatic heterocycles. The second-order valence-corrected chi connectivity index (χ2v) is 2.53. The molecule has 0 saturated heterocycles. The molecule has 0 amide bonds. The van der Waals surface area contributed by atoms with Crippen molar-refractivity contribution in [2.45, 2.75) is 6.04 Å². The third-order valence-corrected chi connectivity index (χ3v) is 1.74. The van der Waals surface area contributed by atoms with E-state index in [9.17, 15) is 4.79 Å². The summed E-state index contributed by atoms with van der Waals surface area (Å²) < 4.78 is 4.63. The number of nitrogens with one attached hydrogen (secondary N) is 1. The van der Waals surface area contributed by atoms with Crippen molar-refractivity contribution in [2.24, 2.45) is 0 Å². The van der Waals surface area contributed by atoms with E-state index in [-0.39, 0.29) is 18.4 Å². The maximum atomic E-state index is 11.2. The Morgan fingerprint density at radius 1 is 1.64 bits per heavy atom. The van der Waals surface area contributed by atoms with Crippen LogP contribution in [-0.4, -0.2) is 25.1 Å². The number of hydrogen-bond acceptors (Lipinski definition) is 4. The van der Waals surface area contributed by atoms with Crippen molar-refractivity contribution in [3.63, 3.8) is 0 Å². The van der Waals surface area contributed by atoms with Gasteiger partial charge in [0, 0.05) is 12.4 Å². The fraction of sp³-hybridized carbons (Fsp3) is 0.333. The number of carbonyl (C=O) groups is 1. The molecule has 1 heterocycles. The summed E-state index contributed by atoms with van der Waals surface area (Å²) in [6.45, 7) is 0. The van der Waals surface area contributed by atoms with Crippen molar-refractivity contribution in [1.82, 2.24) is 10.3 Å². The van der Waals surface area contributed by atoms with E-state index in [2.05, 4.69) is 15.0 Å². The highest BCUT2D eigenvalue weighted by atomic mass is 35.5. The van der Waals surface area contributed by atoms with Crippen molar-refractivity contribution < 1.29 is 9.53 Å². The normalized spacial score (nSPS) is 11.3. The fourth-order valence-corrected chi connectivity index (χ4v) is 1.09. The van der Waals surface area contributed by atoms with Crippen molar-refractivity contribution in [3.05, 3.63) is 30.1 Å². The summed E-state index contributed by atoms with van der Waals surface area (Å²) in [7, 11) is 3.07. The number of likely N-dealkylation sites (N-methyl/N-ethyl adjacent to an activating group) is 1. The molecule has 0 bridgehead atoms. The number of methoxy groups -OCH3 is 1. The maximum Gasteiger partial charge on any atom is 0.327 e. The van der Waals surface area contributed by atoms with Gasteiger partial charge in [-0.25, -0.2) is 4.79 Å². The molecule has 1 N–H and O–H groups in total. The van der Waals surface area contributed by atoms with Crippen LogP contribution in [0.2, 0.25) is 0 Å². The second-order valence-electron chi connectivity index (χ2n) is 2.53. The molecule has 0 aliphatic heterocycles. The smallest absolute Gasteiger partial charge is 0.327 e. The summed E-state index contributed by atoms with van der Waals surface area (Å²) in [6.07, 6.45) is 3.30. The Labute approximate surface area is 89.1 Å². The van der Waals surface area contributed by atoms with E-state index in [4.69, 9.17) is 0 Å². The van der Waals surface area contributed by atoms with Gasteiger partial charge in [0.05, 0.1) is 7.11 Å². The van der Waals surface area contributed by atoms with Crippen LogP contribution in [0.15, 0.2) is 24.5 Å². The molecule has 1 atom stereocenters. The van der Waals surface area contributed by atoms with Gasteiger partial charge < -0.3 is 10.1 Å². The Bertz CT molecular complexity index is 279. The number of aromatic nitrogens is 1. The largest absolute Gasteiger partial charge is 0.468 e. The van der Waals surface area contributed by atoms with Gasteiger partial charge in [0.15, 0.2) is 0 Å². The summed E-state index contributed by atoms with van der Waals surface area (Å²) in [4.78, 5) is 15.2. The molecular formula is C9H13ClN2O2. The first-order valence-electron chi connectivity index (χ1n) is 3.94. The van der Waals surface area contributed by atoms with Crippen LogP contribution in [0.3, 0.4) is 0 Å². The molecule has 14 heavy (non-hydrogen) atoms. The Kier molecular flexibility index (Phi) is 5.83. The highest BCUT2D eigenvalue weighted by Crippen LogP contribution is 2.11. The average molecular weight is 217 g/mol. The lowest BCUT2D eigenvalue weighted by molar-refractivity contribution is -0.143. The Morgan fingerprint density at radius 3 is 2.79 bits per heavy atom. The lowest BCUT2D eigenvalue weighted by Gasteiger charge is -2.12. The molecule has 0 spiro atoms. The molecular weight excluding hydrogens is 204 g/mol. The van der Waals surface area contributed by atoms with Gasteiger partial charge in [-0.1, -0.05) is 6.07 Å². The molecule has 1 unspecified atom stereocenters. The number of ether oxygens (including phenoxy) is 1. The fourth-order valence-electron chi connectivity index (χ4n) is 1.09. The quantitative estimate of drug-likeness (QED) is 0.764. The van der Waals surface area contributed by atoms with Gasteiger partial charge in [-0.2, -0.15) is 0 Å². The minimum atomic E-state index is -0.432. The zero-order valence-electron chi connectivity index (χ0n) is 8.06. The Morgan fingerprint density at radius 2 is 2.36 bits per heavy atom. The van der Waals surface area contributed by atoms with Crippen molar-refractivity contribution >= 4 is 18.4 Å². The van der Waals surface area contributed by atoms with Gasteiger partial charge in [0.25, 0.3) is 0 Å². The van der Waals surface area contributed by atoms with E-state index >= 15 is 0 Å². The minimum Gasteiger partial charge on any atom is -0.468 e. The van der Waals surface area contributed by atoms with Gasteiger partial charge in [0.2, 0.25) is 0 Å². The lowest BCUT2D eigenvalue weighted by Crippen LogP contribution is -2.26. The number of nitrogens with zero attached hydrogens (tertiary/aromatic N) is 1. The maximum absolute atomic E-state index is 11.2. The van der Waals surface area contributed by atoms with Gasteiger partial charge in [-0.05, 0) is 18.7 Å². The lowest BCUT2D eigenvalue weighted by atomic mass is 10.1. The molecule has 4 nitrogen and oxygen atoms in total.